The Hall–Kier alpha value is -2.15. The molecular formula is C12H15N3O4. The number of amides is 1. The zero-order valence-corrected chi connectivity index (χ0v) is 10.3. The minimum Gasteiger partial charge on any atom is -0.380 e. The van der Waals surface area contributed by atoms with Gasteiger partial charge in [0.05, 0.1) is 4.92 Å². The lowest BCUT2D eigenvalue weighted by Crippen LogP contribution is -2.46. The quantitative estimate of drug-likeness (QED) is 0.563. The molecule has 1 aliphatic rings. The van der Waals surface area contributed by atoms with Crippen LogP contribution in [0.5, 0.6) is 0 Å². The minimum atomic E-state index is -1.36. The number of nitro benzene ring substituents is 1. The van der Waals surface area contributed by atoms with Crippen LogP contribution in [0.25, 0.3) is 0 Å². The van der Waals surface area contributed by atoms with E-state index < -0.39 is 16.4 Å². The first-order valence-corrected chi connectivity index (χ1v) is 6.05. The maximum absolute atomic E-state index is 11.8. The summed E-state index contributed by atoms with van der Waals surface area (Å²) < 4.78 is 0. The van der Waals surface area contributed by atoms with E-state index in [9.17, 15) is 20.0 Å². The monoisotopic (exact) mass is 265 g/mol. The van der Waals surface area contributed by atoms with Gasteiger partial charge in [-0.15, -0.1) is 0 Å². The first-order chi connectivity index (χ1) is 9.03. The molecule has 7 heteroatoms. The van der Waals surface area contributed by atoms with Crippen LogP contribution in [0.3, 0.4) is 0 Å². The summed E-state index contributed by atoms with van der Waals surface area (Å²) in [5, 5.41) is 20.8. The molecule has 0 saturated heterocycles. The normalized spacial score (nSPS) is 16.9. The Kier molecular flexibility index (Phi) is 3.66. The molecule has 1 aromatic rings. The Morgan fingerprint density at radius 1 is 1.32 bits per heavy atom. The van der Waals surface area contributed by atoms with Crippen molar-refractivity contribution in [2.45, 2.75) is 31.3 Å². The Morgan fingerprint density at radius 2 is 1.95 bits per heavy atom. The number of hydrogen-bond donors (Lipinski definition) is 3. The lowest BCUT2D eigenvalue weighted by molar-refractivity contribution is -0.384. The molecule has 1 aliphatic carbocycles. The zero-order chi connectivity index (χ0) is 13.9. The van der Waals surface area contributed by atoms with Crippen molar-refractivity contribution in [3.63, 3.8) is 0 Å². The van der Waals surface area contributed by atoms with Crippen LogP contribution in [0.2, 0.25) is 0 Å². The average molecular weight is 265 g/mol. The molecule has 102 valence electrons. The summed E-state index contributed by atoms with van der Waals surface area (Å²) in [6.45, 7) is 0. The Balaban J connectivity index is 2.03. The number of nitrogens with one attached hydrogen (secondary N) is 2. The fourth-order valence-electron chi connectivity index (χ4n) is 2.17. The molecule has 1 aromatic carbocycles. The Labute approximate surface area is 109 Å². The molecule has 0 radical (unpaired) electrons. The van der Waals surface area contributed by atoms with Crippen LogP contribution in [0.1, 0.15) is 25.7 Å². The number of nitrogens with zero attached hydrogens (tertiary/aromatic N) is 1. The highest BCUT2D eigenvalue weighted by molar-refractivity contribution is 5.86. The van der Waals surface area contributed by atoms with E-state index in [1.165, 1.54) is 18.2 Å². The average Bonchev–Trinajstić information content (AvgIpc) is 2.84. The maximum atomic E-state index is 11.8. The van der Waals surface area contributed by atoms with Crippen LogP contribution in [0, 0.1) is 10.1 Å². The summed E-state index contributed by atoms with van der Waals surface area (Å²) in [5.74, 6) is -0.553. The number of aliphatic hydroxyl groups is 1. The largest absolute Gasteiger partial charge is 0.380 e. The highest BCUT2D eigenvalue weighted by Gasteiger charge is 2.38. The lowest BCUT2D eigenvalue weighted by atomic mass is 10.0. The molecule has 0 aromatic heterocycles. The lowest BCUT2D eigenvalue weighted by Gasteiger charge is -2.21. The third kappa shape index (κ3) is 2.82. The smallest absolute Gasteiger partial charge is 0.294 e. The van der Waals surface area contributed by atoms with Crippen LogP contribution >= 0.6 is 0 Å². The van der Waals surface area contributed by atoms with Gasteiger partial charge < -0.3 is 5.11 Å². The van der Waals surface area contributed by atoms with Gasteiger partial charge in [-0.05, 0) is 31.7 Å². The second-order valence-corrected chi connectivity index (χ2v) is 4.59. The van der Waals surface area contributed by atoms with Gasteiger partial charge in [-0.3, -0.25) is 25.8 Å². The fraction of sp³-hybridized carbons (Fsp3) is 0.417. The molecule has 1 saturated carbocycles. The number of rotatable bonds is 4. The number of anilines is 1. The number of nitro groups is 1. The van der Waals surface area contributed by atoms with Crippen molar-refractivity contribution in [2.75, 3.05) is 5.43 Å². The van der Waals surface area contributed by atoms with E-state index in [1.54, 1.807) is 6.07 Å². The second-order valence-electron chi connectivity index (χ2n) is 4.59. The number of carbonyl (C=O) groups excluding carboxylic acids is 1. The van der Waals surface area contributed by atoms with Gasteiger partial charge in [0.1, 0.15) is 11.3 Å². The topological polar surface area (TPSA) is 104 Å². The molecular weight excluding hydrogens is 250 g/mol. The third-order valence-corrected chi connectivity index (χ3v) is 3.26. The second kappa shape index (κ2) is 5.23. The zero-order valence-electron chi connectivity index (χ0n) is 10.3. The number of para-hydroxylation sites is 2. The van der Waals surface area contributed by atoms with Gasteiger partial charge >= 0.3 is 0 Å². The van der Waals surface area contributed by atoms with E-state index in [2.05, 4.69) is 10.9 Å². The number of benzene rings is 1. The van der Waals surface area contributed by atoms with Gasteiger partial charge in [-0.1, -0.05) is 12.1 Å². The summed E-state index contributed by atoms with van der Waals surface area (Å²) in [6, 6.07) is 5.97. The molecule has 1 fully saturated rings. The molecule has 0 heterocycles. The standard InChI is InChI=1S/C12H15N3O4/c16-11(12(17)7-3-4-8-12)14-13-9-5-1-2-6-10(9)15(18)19/h1-2,5-6,13,17H,3-4,7-8H2,(H,14,16). The molecule has 7 nitrogen and oxygen atoms in total. The van der Waals surface area contributed by atoms with Gasteiger partial charge in [-0.2, -0.15) is 0 Å². The SMILES string of the molecule is O=C(NNc1ccccc1[N+](=O)[O-])C1(O)CCCC1. The van der Waals surface area contributed by atoms with Gasteiger partial charge in [0.25, 0.3) is 11.6 Å². The summed E-state index contributed by atoms with van der Waals surface area (Å²) in [4.78, 5) is 22.1. The predicted octanol–water partition coefficient (Wildman–Crippen LogP) is 1.34. The molecule has 0 unspecified atom stereocenters. The van der Waals surface area contributed by atoms with E-state index >= 15 is 0 Å². The third-order valence-electron chi connectivity index (χ3n) is 3.26. The summed E-state index contributed by atoms with van der Waals surface area (Å²) in [6.07, 6.45) is 2.43. The first kappa shape index (κ1) is 13.3. The molecule has 2 rings (SSSR count). The van der Waals surface area contributed by atoms with Crippen molar-refractivity contribution in [2.24, 2.45) is 0 Å². The molecule has 3 N–H and O–H groups in total. The van der Waals surface area contributed by atoms with Crippen molar-refractivity contribution in [3.05, 3.63) is 34.4 Å². The van der Waals surface area contributed by atoms with Crippen LogP contribution in [-0.4, -0.2) is 21.5 Å². The van der Waals surface area contributed by atoms with Crippen LogP contribution < -0.4 is 10.9 Å². The molecule has 0 atom stereocenters. The highest BCUT2D eigenvalue weighted by Crippen LogP contribution is 2.29. The van der Waals surface area contributed by atoms with Gasteiger partial charge in [0, 0.05) is 6.07 Å². The number of hydrazine groups is 1. The fourth-order valence-corrected chi connectivity index (χ4v) is 2.17. The van der Waals surface area contributed by atoms with Crippen LogP contribution in [0.15, 0.2) is 24.3 Å². The van der Waals surface area contributed by atoms with Crippen molar-refractivity contribution < 1.29 is 14.8 Å². The molecule has 1 amide bonds. The van der Waals surface area contributed by atoms with E-state index in [4.69, 9.17) is 0 Å². The number of carbonyl (C=O) groups is 1. The van der Waals surface area contributed by atoms with E-state index in [0.717, 1.165) is 12.8 Å². The molecule has 0 aliphatic heterocycles. The Bertz CT molecular complexity index is 498. The summed E-state index contributed by atoms with van der Waals surface area (Å²) in [5.41, 5.74) is 3.51. The van der Waals surface area contributed by atoms with Crippen molar-refractivity contribution in [1.82, 2.24) is 5.43 Å². The van der Waals surface area contributed by atoms with Gasteiger partial charge in [0.15, 0.2) is 0 Å². The van der Waals surface area contributed by atoms with Crippen LogP contribution in [-0.2, 0) is 4.79 Å². The van der Waals surface area contributed by atoms with Gasteiger partial charge in [0.2, 0.25) is 0 Å². The van der Waals surface area contributed by atoms with Crippen molar-refractivity contribution in [3.8, 4) is 0 Å². The van der Waals surface area contributed by atoms with Crippen molar-refractivity contribution in [1.29, 1.82) is 0 Å². The molecule has 0 bridgehead atoms. The van der Waals surface area contributed by atoms with E-state index in [1.807, 2.05) is 0 Å². The first-order valence-electron chi connectivity index (χ1n) is 6.05. The summed E-state index contributed by atoms with van der Waals surface area (Å²) in [7, 11) is 0. The van der Waals surface area contributed by atoms with E-state index in [-0.39, 0.29) is 11.4 Å². The van der Waals surface area contributed by atoms with E-state index in [0.29, 0.717) is 12.8 Å². The highest BCUT2D eigenvalue weighted by atomic mass is 16.6. The molecule has 19 heavy (non-hydrogen) atoms. The predicted molar refractivity (Wildman–Crippen MR) is 68.3 cm³/mol. The van der Waals surface area contributed by atoms with Crippen LogP contribution in [0.4, 0.5) is 11.4 Å². The minimum absolute atomic E-state index is 0.138. The van der Waals surface area contributed by atoms with Gasteiger partial charge in [-0.25, -0.2) is 0 Å². The Morgan fingerprint density at radius 3 is 2.58 bits per heavy atom. The molecule has 0 spiro atoms. The van der Waals surface area contributed by atoms with Crippen molar-refractivity contribution >= 4 is 17.3 Å². The number of hydrogen-bond acceptors (Lipinski definition) is 5. The maximum Gasteiger partial charge on any atom is 0.294 e. The summed E-state index contributed by atoms with van der Waals surface area (Å²) >= 11 is 0.